The van der Waals surface area contributed by atoms with Gasteiger partial charge < -0.3 is 11.1 Å². The fourth-order valence-electron chi connectivity index (χ4n) is 3.42. The molecule has 1 aromatic heterocycles. The second-order valence-electron chi connectivity index (χ2n) is 6.51. The van der Waals surface area contributed by atoms with Crippen LogP contribution >= 0.6 is 0 Å². The van der Waals surface area contributed by atoms with Crippen LogP contribution in [0.2, 0.25) is 0 Å². The van der Waals surface area contributed by atoms with E-state index >= 15 is 0 Å². The molecule has 4 heteroatoms. The minimum atomic E-state index is -0.0148. The molecule has 0 saturated heterocycles. The zero-order valence-electron chi connectivity index (χ0n) is 13.2. The second kappa shape index (κ2) is 6.53. The molecule has 1 aliphatic rings. The van der Waals surface area contributed by atoms with E-state index in [9.17, 15) is 4.79 Å². The van der Waals surface area contributed by atoms with E-state index in [1.54, 1.807) is 4.57 Å². The van der Waals surface area contributed by atoms with Gasteiger partial charge in [0.15, 0.2) is 0 Å². The molecule has 0 bridgehead atoms. The SMILES string of the molecule is C[C@@H](N)Cc1cn(C(=O)NC2CCCCC2)c2ccccc12. The van der Waals surface area contributed by atoms with E-state index in [0.29, 0.717) is 6.04 Å². The van der Waals surface area contributed by atoms with Crippen molar-refractivity contribution < 1.29 is 4.79 Å². The molecule has 22 heavy (non-hydrogen) atoms. The largest absolute Gasteiger partial charge is 0.335 e. The van der Waals surface area contributed by atoms with Gasteiger partial charge in [0.05, 0.1) is 5.52 Å². The molecule has 1 atom stereocenters. The number of fused-ring (bicyclic) bond motifs is 1. The number of hydrogen-bond acceptors (Lipinski definition) is 2. The lowest BCUT2D eigenvalue weighted by Gasteiger charge is -2.22. The van der Waals surface area contributed by atoms with Crippen LogP contribution in [0, 0.1) is 0 Å². The number of amides is 1. The summed E-state index contributed by atoms with van der Waals surface area (Å²) in [5, 5.41) is 4.31. The number of hydrogen-bond donors (Lipinski definition) is 2. The smallest absolute Gasteiger partial charge is 0.326 e. The van der Waals surface area contributed by atoms with E-state index in [2.05, 4.69) is 11.4 Å². The van der Waals surface area contributed by atoms with Crippen LogP contribution in [-0.2, 0) is 6.42 Å². The summed E-state index contributed by atoms with van der Waals surface area (Å²) in [6.07, 6.45) is 8.64. The number of rotatable bonds is 3. The molecule has 0 spiro atoms. The predicted octanol–water partition coefficient (Wildman–Crippen LogP) is 3.42. The van der Waals surface area contributed by atoms with Crippen molar-refractivity contribution in [2.75, 3.05) is 0 Å². The Morgan fingerprint density at radius 3 is 2.77 bits per heavy atom. The Balaban J connectivity index is 1.87. The van der Waals surface area contributed by atoms with Gasteiger partial charge >= 0.3 is 6.03 Å². The molecule has 1 fully saturated rings. The topological polar surface area (TPSA) is 60.0 Å². The molecule has 1 amide bonds. The van der Waals surface area contributed by atoms with Crippen molar-refractivity contribution in [3.05, 3.63) is 36.0 Å². The highest BCUT2D eigenvalue weighted by Gasteiger charge is 2.19. The first-order chi connectivity index (χ1) is 10.6. The molecule has 0 radical (unpaired) electrons. The summed E-state index contributed by atoms with van der Waals surface area (Å²) in [5.41, 5.74) is 8.05. The Hall–Kier alpha value is -1.81. The van der Waals surface area contributed by atoms with Crippen LogP contribution in [0.3, 0.4) is 0 Å². The van der Waals surface area contributed by atoms with Crippen molar-refractivity contribution in [3.8, 4) is 0 Å². The predicted molar refractivity (Wildman–Crippen MR) is 90.1 cm³/mol. The van der Waals surface area contributed by atoms with E-state index in [1.807, 2.05) is 31.3 Å². The fraction of sp³-hybridized carbons (Fsp3) is 0.500. The highest BCUT2D eigenvalue weighted by Crippen LogP contribution is 2.23. The molecule has 1 heterocycles. The van der Waals surface area contributed by atoms with Crippen molar-refractivity contribution >= 4 is 16.9 Å². The Morgan fingerprint density at radius 1 is 1.32 bits per heavy atom. The van der Waals surface area contributed by atoms with E-state index in [-0.39, 0.29) is 12.1 Å². The van der Waals surface area contributed by atoms with Gasteiger partial charge in [-0.25, -0.2) is 4.79 Å². The number of para-hydroxylation sites is 1. The van der Waals surface area contributed by atoms with E-state index in [4.69, 9.17) is 5.73 Å². The third-order valence-electron chi connectivity index (χ3n) is 4.49. The fourth-order valence-corrected chi connectivity index (χ4v) is 3.42. The van der Waals surface area contributed by atoms with E-state index in [0.717, 1.165) is 35.7 Å². The van der Waals surface area contributed by atoms with Gasteiger partial charge in [0.1, 0.15) is 0 Å². The molecule has 0 aliphatic heterocycles. The van der Waals surface area contributed by atoms with Gasteiger partial charge in [-0.05, 0) is 37.8 Å². The van der Waals surface area contributed by atoms with Gasteiger partial charge in [0.25, 0.3) is 0 Å². The van der Waals surface area contributed by atoms with Crippen LogP contribution in [0.1, 0.15) is 44.6 Å². The Kier molecular flexibility index (Phi) is 4.48. The number of nitrogens with zero attached hydrogens (tertiary/aromatic N) is 1. The first-order valence-corrected chi connectivity index (χ1v) is 8.30. The van der Waals surface area contributed by atoms with E-state index < -0.39 is 0 Å². The average molecular weight is 299 g/mol. The molecule has 4 nitrogen and oxygen atoms in total. The van der Waals surface area contributed by atoms with Crippen molar-refractivity contribution in [1.29, 1.82) is 0 Å². The van der Waals surface area contributed by atoms with Gasteiger partial charge in [-0.1, -0.05) is 37.5 Å². The minimum Gasteiger partial charge on any atom is -0.335 e. The molecule has 1 aliphatic carbocycles. The number of nitrogens with two attached hydrogens (primary N) is 1. The number of benzene rings is 1. The maximum absolute atomic E-state index is 12.6. The van der Waals surface area contributed by atoms with Crippen molar-refractivity contribution in [2.24, 2.45) is 5.73 Å². The van der Waals surface area contributed by atoms with Gasteiger partial charge in [-0.3, -0.25) is 4.57 Å². The molecule has 118 valence electrons. The lowest BCUT2D eigenvalue weighted by Crippen LogP contribution is -2.38. The quantitative estimate of drug-likeness (QED) is 0.912. The maximum atomic E-state index is 12.6. The Bertz CT molecular complexity index is 653. The number of nitrogens with one attached hydrogen (secondary N) is 1. The molecule has 1 aromatic carbocycles. The van der Waals surface area contributed by atoms with Crippen LogP contribution in [0.4, 0.5) is 4.79 Å². The normalized spacial score (nSPS) is 17.5. The molecular weight excluding hydrogens is 274 g/mol. The van der Waals surface area contributed by atoms with Crippen molar-refractivity contribution in [3.63, 3.8) is 0 Å². The summed E-state index contributed by atoms with van der Waals surface area (Å²) >= 11 is 0. The van der Waals surface area contributed by atoms with Gasteiger partial charge in [-0.2, -0.15) is 0 Å². The summed E-state index contributed by atoms with van der Waals surface area (Å²) in [4.78, 5) is 12.6. The van der Waals surface area contributed by atoms with Crippen LogP contribution in [0.25, 0.3) is 10.9 Å². The lowest BCUT2D eigenvalue weighted by molar-refractivity contribution is 0.235. The number of carbonyl (C=O) groups is 1. The molecule has 3 rings (SSSR count). The minimum absolute atomic E-state index is 0.0148. The van der Waals surface area contributed by atoms with E-state index in [1.165, 1.54) is 19.3 Å². The first-order valence-electron chi connectivity index (χ1n) is 8.30. The summed E-state index contributed by atoms with van der Waals surface area (Å²) in [7, 11) is 0. The van der Waals surface area contributed by atoms with Crippen LogP contribution in [0.5, 0.6) is 0 Å². The number of aromatic nitrogens is 1. The zero-order valence-corrected chi connectivity index (χ0v) is 13.2. The molecular formula is C18H25N3O. The average Bonchev–Trinajstić information content (AvgIpc) is 2.87. The summed E-state index contributed by atoms with van der Waals surface area (Å²) < 4.78 is 1.75. The van der Waals surface area contributed by atoms with Crippen molar-refractivity contribution in [2.45, 2.75) is 57.5 Å². The van der Waals surface area contributed by atoms with Gasteiger partial charge in [0, 0.05) is 23.7 Å². The van der Waals surface area contributed by atoms with Crippen LogP contribution < -0.4 is 11.1 Å². The highest BCUT2D eigenvalue weighted by atomic mass is 16.2. The summed E-state index contributed by atoms with van der Waals surface area (Å²) in [5.74, 6) is 0. The molecule has 0 unspecified atom stereocenters. The zero-order chi connectivity index (χ0) is 15.5. The lowest BCUT2D eigenvalue weighted by atomic mass is 9.96. The summed E-state index contributed by atoms with van der Waals surface area (Å²) in [6.45, 7) is 1.99. The highest BCUT2D eigenvalue weighted by molar-refractivity contribution is 5.93. The van der Waals surface area contributed by atoms with Crippen molar-refractivity contribution in [1.82, 2.24) is 9.88 Å². The number of carbonyl (C=O) groups excluding carboxylic acids is 1. The molecule has 3 N–H and O–H groups in total. The second-order valence-corrected chi connectivity index (χ2v) is 6.51. The first kappa shape index (κ1) is 15.1. The molecule has 2 aromatic rings. The Labute approximate surface area is 131 Å². The Morgan fingerprint density at radius 2 is 2.05 bits per heavy atom. The maximum Gasteiger partial charge on any atom is 0.326 e. The standard InChI is InChI=1S/C18H25N3O/c1-13(19)11-14-12-21(17-10-6-5-9-16(14)17)18(22)20-15-7-3-2-4-8-15/h5-6,9-10,12-13,15H,2-4,7-8,11,19H2,1H3,(H,20,22)/t13-/m1/s1. The summed E-state index contributed by atoms with van der Waals surface area (Å²) in [6, 6.07) is 8.44. The van der Waals surface area contributed by atoms with Crippen LogP contribution in [-0.4, -0.2) is 22.7 Å². The third-order valence-corrected chi connectivity index (χ3v) is 4.49. The van der Waals surface area contributed by atoms with Crippen LogP contribution in [0.15, 0.2) is 30.5 Å². The molecule has 1 saturated carbocycles. The van der Waals surface area contributed by atoms with Gasteiger partial charge in [0.2, 0.25) is 0 Å². The van der Waals surface area contributed by atoms with Gasteiger partial charge in [-0.15, -0.1) is 0 Å². The monoisotopic (exact) mass is 299 g/mol. The third kappa shape index (κ3) is 3.17.